The van der Waals surface area contributed by atoms with Crippen molar-refractivity contribution in [3.63, 3.8) is 0 Å². The van der Waals surface area contributed by atoms with E-state index < -0.39 is 0 Å². The highest BCUT2D eigenvalue weighted by Gasteiger charge is 2.14. The van der Waals surface area contributed by atoms with Gasteiger partial charge in [0.15, 0.2) is 0 Å². The van der Waals surface area contributed by atoms with Gasteiger partial charge in [0.1, 0.15) is 0 Å². The summed E-state index contributed by atoms with van der Waals surface area (Å²) in [5.41, 5.74) is 8.31. The van der Waals surface area contributed by atoms with Gasteiger partial charge in [0.25, 0.3) is 0 Å². The number of aromatic nitrogens is 1. The molecule has 1 aliphatic heterocycles. The lowest BCUT2D eigenvalue weighted by atomic mass is 10.1. The normalized spacial score (nSPS) is 15.0. The molecule has 5 heteroatoms. The molecule has 1 aliphatic rings. The molecular formula is C16H26N4S. The minimum atomic E-state index is 0.784. The van der Waals surface area contributed by atoms with E-state index in [2.05, 4.69) is 34.3 Å². The van der Waals surface area contributed by atoms with Crippen molar-refractivity contribution in [2.24, 2.45) is 5.73 Å². The summed E-state index contributed by atoms with van der Waals surface area (Å²) in [6, 6.07) is 0. The van der Waals surface area contributed by atoms with Crippen LogP contribution in [0, 0.1) is 0 Å². The monoisotopic (exact) mass is 306 g/mol. The summed E-state index contributed by atoms with van der Waals surface area (Å²) in [7, 11) is 0. The molecule has 116 valence electrons. The van der Waals surface area contributed by atoms with Gasteiger partial charge in [-0.15, -0.1) is 11.3 Å². The largest absolute Gasteiger partial charge is 0.369 e. The van der Waals surface area contributed by atoms with Gasteiger partial charge in [0, 0.05) is 43.3 Å². The molecule has 21 heavy (non-hydrogen) atoms. The van der Waals surface area contributed by atoms with Crippen LogP contribution in [0.4, 0.5) is 0 Å². The first-order valence-corrected chi connectivity index (χ1v) is 8.59. The average molecular weight is 306 g/mol. The summed E-state index contributed by atoms with van der Waals surface area (Å²) in [5.74, 6) is 0. The van der Waals surface area contributed by atoms with E-state index in [-0.39, 0.29) is 0 Å². The fraction of sp³-hybridized carbons (Fsp3) is 0.562. The molecule has 4 nitrogen and oxygen atoms in total. The van der Waals surface area contributed by atoms with Crippen LogP contribution in [-0.2, 0) is 6.42 Å². The van der Waals surface area contributed by atoms with Gasteiger partial charge in [-0.05, 0) is 38.4 Å². The Balaban J connectivity index is 1.82. The van der Waals surface area contributed by atoms with Crippen molar-refractivity contribution in [1.82, 2.24) is 15.2 Å². The number of hydrogen-bond donors (Lipinski definition) is 2. The lowest BCUT2D eigenvalue weighted by Gasteiger charge is -2.30. The molecule has 0 bridgehead atoms. The van der Waals surface area contributed by atoms with Gasteiger partial charge in [0.05, 0.1) is 5.01 Å². The quantitative estimate of drug-likeness (QED) is 0.687. The maximum Gasteiger partial charge on any atom is 0.0942 e. The summed E-state index contributed by atoms with van der Waals surface area (Å²) in [6.07, 6.45) is 9.63. The Labute approximate surface area is 131 Å². The highest BCUT2D eigenvalue weighted by Crippen LogP contribution is 2.17. The van der Waals surface area contributed by atoms with Crippen LogP contribution in [0.2, 0.25) is 0 Å². The molecule has 2 rings (SSSR count). The first kappa shape index (κ1) is 16.2. The maximum absolute atomic E-state index is 5.52. The molecule has 0 saturated heterocycles. The third kappa shape index (κ3) is 5.26. The van der Waals surface area contributed by atoms with Crippen molar-refractivity contribution in [1.29, 1.82) is 0 Å². The Hall–Kier alpha value is -1.17. The van der Waals surface area contributed by atoms with Crippen LogP contribution in [0.1, 0.15) is 24.8 Å². The van der Waals surface area contributed by atoms with Gasteiger partial charge in [-0.2, -0.15) is 0 Å². The summed E-state index contributed by atoms with van der Waals surface area (Å²) in [6.45, 7) is 7.00. The zero-order chi connectivity index (χ0) is 14.9. The van der Waals surface area contributed by atoms with Crippen LogP contribution in [-0.4, -0.2) is 42.6 Å². The van der Waals surface area contributed by atoms with E-state index in [1.807, 2.05) is 11.6 Å². The van der Waals surface area contributed by atoms with Crippen LogP contribution in [0.25, 0.3) is 0 Å². The summed E-state index contributed by atoms with van der Waals surface area (Å²) < 4.78 is 0. The minimum absolute atomic E-state index is 0.784. The van der Waals surface area contributed by atoms with Crippen LogP contribution in [0.5, 0.6) is 0 Å². The fourth-order valence-corrected chi connectivity index (χ4v) is 3.11. The zero-order valence-corrected chi connectivity index (χ0v) is 13.7. The maximum atomic E-state index is 5.52. The number of thiazole rings is 1. The van der Waals surface area contributed by atoms with Crippen molar-refractivity contribution in [3.8, 4) is 0 Å². The molecule has 0 fully saturated rings. The second kappa shape index (κ2) is 8.97. The highest BCUT2D eigenvalue weighted by atomic mass is 32.1. The van der Waals surface area contributed by atoms with Crippen LogP contribution in [0.15, 0.2) is 35.0 Å². The average Bonchev–Trinajstić information content (AvgIpc) is 3.00. The van der Waals surface area contributed by atoms with E-state index in [1.165, 1.54) is 16.3 Å². The Morgan fingerprint density at radius 2 is 2.33 bits per heavy atom. The third-order valence-corrected chi connectivity index (χ3v) is 4.55. The topological polar surface area (TPSA) is 54.2 Å². The Morgan fingerprint density at radius 1 is 1.43 bits per heavy atom. The molecule has 0 aliphatic carbocycles. The number of nitrogens with one attached hydrogen (secondary N) is 1. The summed E-state index contributed by atoms with van der Waals surface area (Å²) in [4.78, 5) is 6.84. The molecule has 0 amide bonds. The number of rotatable bonds is 9. The molecule has 0 aromatic carbocycles. The second-order valence-electron chi connectivity index (χ2n) is 5.33. The van der Waals surface area contributed by atoms with Gasteiger partial charge in [-0.3, -0.25) is 0 Å². The molecule has 1 aromatic heterocycles. The van der Waals surface area contributed by atoms with Gasteiger partial charge >= 0.3 is 0 Å². The van der Waals surface area contributed by atoms with E-state index >= 15 is 0 Å². The number of unbranched alkanes of at least 4 members (excludes halogenated alkanes) is 1. The van der Waals surface area contributed by atoms with Crippen LogP contribution < -0.4 is 11.1 Å². The predicted octanol–water partition coefficient (Wildman–Crippen LogP) is 2.16. The molecule has 0 unspecified atom stereocenters. The number of nitrogens with two attached hydrogens (primary N) is 1. The standard InChI is InChI=1S/C16H26N4S/c1-14-5-4-10-20(11-6-16-19-9-12-21-16)15(14)13-18-8-3-2-7-17/h4-5,9,12,18H,2-3,6-8,10-11,13,17H2,1H3. The Morgan fingerprint density at radius 3 is 3.10 bits per heavy atom. The predicted molar refractivity (Wildman–Crippen MR) is 90.4 cm³/mol. The van der Waals surface area contributed by atoms with E-state index in [4.69, 9.17) is 5.73 Å². The van der Waals surface area contributed by atoms with E-state index in [1.54, 1.807) is 11.3 Å². The smallest absolute Gasteiger partial charge is 0.0942 e. The molecule has 0 saturated carbocycles. The Kier molecular flexibility index (Phi) is 6.92. The lowest BCUT2D eigenvalue weighted by Crippen LogP contribution is -2.34. The van der Waals surface area contributed by atoms with Gasteiger partial charge in [-0.1, -0.05) is 12.2 Å². The zero-order valence-electron chi connectivity index (χ0n) is 12.8. The molecule has 0 spiro atoms. The number of hydrogen-bond acceptors (Lipinski definition) is 5. The van der Waals surface area contributed by atoms with Gasteiger partial charge in [0.2, 0.25) is 0 Å². The van der Waals surface area contributed by atoms with Crippen molar-refractivity contribution in [2.45, 2.75) is 26.2 Å². The van der Waals surface area contributed by atoms with E-state index in [9.17, 15) is 0 Å². The van der Waals surface area contributed by atoms with E-state index in [0.717, 1.165) is 52.0 Å². The van der Waals surface area contributed by atoms with Crippen LogP contribution >= 0.6 is 11.3 Å². The fourth-order valence-electron chi connectivity index (χ4n) is 2.50. The molecular weight excluding hydrogens is 280 g/mol. The summed E-state index contributed by atoms with van der Waals surface area (Å²) >= 11 is 1.74. The molecule has 0 radical (unpaired) electrons. The summed E-state index contributed by atoms with van der Waals surface area (Å²) in [5, 5.41) is 6.81. The second-order valence-corrected chi connectivity index (χ2v) is 6.31. The number of allylic oxidation sites excluding steroid dienone is 2. The molecule has 1 aromatic rings. The van der Waals surface area contributed by atoms with Gasteiger partial charge in [-0.25, -0.2) is 4.98 Å². The lowest BCUT2D eigenvalue weighted by molar-refractivity contribution is 0.362. The molecule has 0 atom stereocenters. The van der Waals surface area contributed by atoms with Crippen molar-refractivity contribution in [3.05, 3.63) is 40.0 Å². The first-order valence-electron chi connectivity index (χ1n) is 7.71. The Bertz CT molecular complexity index is 465. The van der Waals surface area contributed by atoms with E-state index in [0.29, 0.717) is 0 Å². The van der Waals surface area contributed by atoms with Gasteiger partial charge < -0.3 is 16.0 Å². The van der Waals surface area contributed by atoms with Crippen molar-refractivity contribution in [2.75, 3.05) is 32.7 Å². The molecule has 3 N–H and O–H groups in total. The number of nitrogens with zero attached hydrogens (tertiary/aromatic N) is 2. The van der Waals surface area contributed by atoms with Crippen molar-refractivity contribution >= 4 is 11.3 Å². The third-order valence-electron chi connectivity index (χ3n) is 3.71. The SMILES string of the molecule is CC1=C(CNCCCCN)N(CCc2nccs2)CC=C1. The highest BCUT2D eigenvalue weighted by molar-refractivity contribution is 7.09. The minimum Gasteiger partial charge on any atom is -0.369 e. The first-order chi connectivity index (χ1) is 10.3. The van der Waals surface area contributed by atoms with Crippen LogP contribution in [0.3, 0.4) is 0 Å². The van der Waals surface area contributed by atoms with Crippen molar-refractivity contribution < 1.29 is 0 Å². The molecule has 2 heterocycles.